The summed E-state index contributed by atoms with van der Waals surface area (Å²) >= 11 is 5.50. The van der Waals surface area contributed by atoms with Crippen LogP contribution in [0.4, 0.5) is 15.4 Å². The average Bonchev–Trinajstić information content (AvgIpc) is 3.17. The smallest absolute Gasteiger partial charge is 0.425 e. The molecule has 0 saturated heterocycles. The molecule has 1 aromatic carbocycles. The number of halogens is 2. The molecular weight excluding hydrogens is 619 g/mol. The Morgan fingerprint density at radius 2 is 1.56 bits per heavy atom. The van der Waals surface area contributed by atoms with Gasteiger partial charge in [0.25, 0.3) is 0 Å². The van der Waals surface area contributed by atoms with Gasteiger partial charge in [-0.1, -0.05) is 17.3 Å². The minimum Gasteiger partial charge on any atom is -0.443 e. The first-order valence-electron chi connectivity index (χ1n) is 10.3. The average molecular weight is 643 g/mol. The molecule has 2 amide bonds. The Labute approximate surface area is 219 Å². The largest absolute Gasteiger partial charge is 0.443 e. The molecule has 180 valence electrons. The molecule has 0 bridgehead atoms. The van der Waals surface area contributed by atoms with Crippen molar-refractivity contribution in [2.75, 3.05) is 4.90 Å². The normalized spacial score (nSPS) is 11.8. The number of amides is 2. The zero-order valence-electron chi connectivity index (χ0n) is 19.6. The van der Waals surface area contributed by atoms with E-state index in [-0.39, 0.29) is 17.3 Å². The van der Waals surface area contributed by atoms with Gasteiger partial charge in [-0.05, 0) is 92.2 Å². The van der Waals surface area contributed by atoms with Crippen LogP contribution in [-0.2, 0) is 9.47 Å². The summed E-state index contributed by atoms with van der Waals surface area (Å²) in [7, 11) is 0. The van der Waals surface area contributed by atoms with E-state index in [0.29, 0.717) is 15.2 Å². The van der Waals surface area contributed by atoms with Crippen molar-refractivity contribution in [3.63, 3.8) is 0 Å². The van der Waals surface area contributed by atoms with Crippen LogP contribution < -0.4 is 4.90 Å². The summed E-state index contributed by atoms with van der Waals surface area (Å²) in [6.07, 6.45) is -0.564. The van der Waals surface area contributed by atoms with Gasteiger partial charge in [-0.25, -0.2) is 19.6 Å². The van der Waals surface area contributed by atoms with E-state index in [1.54, 1.807) is 47.6 Å². The fourth-order valence-corrected chi connectivity index (χ4v) is 3.34. The molecule has 0 aliphatic carbocycles. The van der Waals surface area contributed by atoms with Crippen molar-refractivity contribution in [3.8, 4) is 22.7 Å². The van der Waals surface area contributed by atoms with E-state index in [1.165, 1.54) is 6.20 Å². The summed E-state index contributed by atoms with van der Waals surface area (Å²) in [4.78, 5) is 35.6. The number of aromatic nitrogens is 3. The molecule has 0 radical (unpaired) electrons. The number of hydrogen-bond donors (Lipinski definition) is 0. The number of ether oxygens (including phenoxy) is 2. The zero-order valence-corrected chi connectivity index (χ0v) is 23.3. The van der Waals surface area contributed by atoms with Gasteiger partial charge in [0.05, 0.1) is 6.20 Å². The minimum absolute atomic E-state index is 0.107. The highest BCUT2D eigenvalue weighted by Gasteiger charge is 2.36. The predicted molar refractivity (Wildman–Crippen MR) is 138 cm³/mol. The van der Waals surface area contributed by atoms with E-state index in [1.807, 2.05) is 24.3 Å². The van der Waals surface area contributed by atoms with Crippen molar-refractivity contribution >= 4 is 56.5 Å². The van der Waals surface area contributed by atoms with Crippen LogP contribution in [0.2, 0.25) is 0 Å². The Kier molecular flexibility index (Phi) is 7.65. The Morgan fingerprint density at radius 3 is 2.09 bits per heavy atom. The second-order valence-corrected chi connectivity index (χ2v) is 11.3. The number of nitrogens with zero attached hydrogens (tertiary/aromatic N) is 4. The van der Waals surface area contributed by atoms with Gasteiger partial charge in [0.2, 0.25) is 0 Å². The lowest BCUT2D eigenvalue weighted by Crippen LogP contribution is -2.44. The minimum atomic E-state index is -0.961. The number of carbonyl (C=O) groups excluding carboxylic acids is 2. The Balaban J connectivity index is 2.10. The molecule has 3 rings (SSSR count). The topological polar surface area (TPSA) is 108 Å². The molecule has 0 N–H and O–H groups in total. The van der Waals surface area contributed by atoms with Crippen LogP contribution >= 0.6 is 38.5 Å². The third kappa shape index (κ3) is 6.75. The maximum absolute atomic E-state index is 13.1. The molecule has 2 heterocycles. The van der Waals surface area contributed by atoms with Crippen molar-refractivity contribution in [2.45, 2.75) is 52.7 Å². The standard InChI is InChI=1S/C23H24BrIN4O5/c1-22(2,3)32-20(30)29(21(31)33-23(4,5)6)19-18(27-17(24)12-26-19)16-11-15(28-34-16)13-7-9-14(25)10-8-13/h7-12H,1-6H3. The SMILES string of the molecule is CC(C)(C)OC(=O)N(C(=O)OC(C)(C)C)c1ncc(Br)nc1-c1cc(-c2ccc(I)cc2)no1. The highest BCUT2D eigenvalue weighted by molar-refractivity contribution is 14.1. The molecular formula is C23H24BrIN4O5. The van der Waals surface area contributed by atoms with Crippen molar-refractivity contribution in [3.05, 3.63) is 44.7 Å². The lowest BCUT2D eigenvalue weighted by atomic mass is 10.1. The van der Waals surface area contributed by atoms with Gasteiger partial charge in [0, 0.05) is 15.2 Å². The molecule has 0 aliphatic rings. The lowest BCUT2D eigenvalue weighted by molar-refractivity contribution is 0.0429. The summed E-state index contributed by atoms with van der Waals surface area (Å²) in [5.41, 5.74) is -0.249. The first kappa shape index (κ1) is 26.1. The van der Waals surface area contributed by atoms with Crippen LogP contribution in [0.1, 0.15) is 41.5 Å². The summed E-state index contributed by atoms with van der Waals surface area (Å²) in [6, 6.07) is 9.36. The highest BCUT2D eigenvalue weighted by atomic mass is 127. The monoisotopic (exact) mass is 642 g/mol. The van der Waals surface area contributed by atoms with E-state index in [4.69, 9.17) is 14.0 Å². The van der Waals surface area contributed by atoms with Gasteiger partial charge in [0.1, 0.15) is 21.5 Å². The molecule has 0 aliphatic heterocycles. The zero-order chi connectivity index (χ0) is 25.3. The van der Waals surface area contributed by atoms with E-state index in [0.717, 1.165) is 9.13 Å². The molecule has 0 unspecified atom stereocenters. The highest BCUT2D eigenvalue weighted by Crippen LogP contribution is 2.33. The molecule has 9 nitrogen and oxygen atoms in total. The van der Waals surface area contributed by atoms with Gasteiger partial charge >= 0.3 is 12.2 Å². The maximum atomic E-state index is 13.1. The number of anilines is 1. The second-order valence-electron chi connectivity index (χ2n) is 9.24. The van der Waals surface area contributed by atoms with Crippen molar-refractivity contribution in [1.29, 1.82) is 0 Å². The van der Waals surface area contributed by atoms with E-state index in [2.05, 4.69) is 53.6 Å². The third-order valence-electron chi connectivity index (χ3n) is 3.97. The Hall–Kier alpha value is -2.54. The lowest BCUT2D eigenvalue weighted by Gasteiger charge is -2.28. The number of imide groups is 1. The van der Waals surface area contributed by atoms with Crippen LogP contribution in [-0.4, -0.2) is 38.5 Å². The van der Waals surface area contributed by atoms with Gasteiger partial charge in [-0.3, -0.25) is 0 Å². The number of hydrogen-bond acceptors (Lipinski definition) is 8. The van der Waals surface area contributed by atoms with Crippen LogP contribution in [0, 0.1) is 3.57 Å². The van der Waals surface area contributed by atoms with Gasteiger partial charge < -0.3 is 14.0 Å². The molecule has 34 heavy (non-hydrogen) atoms. The van der Waals surface area contributed by atoms with E-state index >= 15 is 0 Å². The predicted octanol–water partition coefficient (Wildman–Crippen LogP) is 6.84. The number of carbonyl (C=O) groups is 2. The molecule has 3 aromatic rings. The fourth-order valence-electron chi connectivity index (χ4n) is 2.70. The summed E-state index contributed by atoms with van der Waals surface area (Å²) in [5.74, 6) is 0.0893. The number of rotatable bonds is 3. The molecule has 0 spiro atoms. The molecule has 2 aromatic heterocycles. The van der Waals surface area contributed by atoms with E-state index in [9.17, 15) is 9.59 Å². The summed E-state index contributed by atoms with van der Waals surface area (Å²) < 4.78 is 17.9. The van der Waals surface area contributed by atoms with Crippen LogP contribution in [0.3, 0.4) is 0 Å². The van der Waals surface area contributed by atoms with Crippen LogP contribution in [0.25, 0.3) is 22.7 Å². The van der Waals surface area contributed by atoms with Gasteiger partial charge in [-0.2, -0.15) is 4.90 Å². The van der Waals surface area contributed by atoms with E-state index < -0.39 is 23.4 Å². The number of benzene rings is 1. The van der Waals surface area contributed by atoms with Crippen LogP contribution in [0.5, 0.6) is 0 Å². The summed E-state index contributed by atoms with van der Waals surface area (Å²) in [6.45, 7) is 10.1. The van der Waals surface area contributed by atoms with Crippen molar-refractivity contribution < 1.29 is 23.6 Å². The fraction of sp³-hybridized carbons (Fsp3) is 0.348. The Morgan fingerprint density at radius 1 is 1.00 bits per heavy atom. The molecule has 0 atom stereocenters. The second kappa shape index (κ2) is 9.98. The van der Waals surface area contributed by atoms with Gasteiger partial charge in [-0.15, -0.1) is 0 Å². The summed E-state index contributed by atoms with van der Waals surface area (Å²) in [5, 5.41) is 4.12. The molecule has 0 saturated carbocycles. The van der Waals surface area contributed by atoms with Crippen molar-refractivity contribution in [2.24, 2.45) is 0 Å². The first-order chi connectivity index (χ1) is 15.7. The first-order valence-corrected chi connectivity index (χ1v) is 12.1. The maximum Gasteiger partial charge on any atom is 0.425 e. The van der Waals surface area contributed by atoms with Crippen molar-refractivity contribution in [1.82, 2.24) is 15.1 Å². The quantitative estimate of drug-likeness (QED) is 0.286. The Bertz CT molecular complexity index is 1170. The molecule has 0 fully saturated rings. The molecule has 11 heteroatoms. The third-order valence-corrected chi connectivity index (χ3v) is 5.07. The van der Waals surface area contributed by atoms with Crippen LogP contribution in [0.15, 0.2) is 45.7 Å². The van der Waals surface area contributed by atoms with Gasteiger partial charge in [0.15, 0.2) is 17.3 Å².